The topological polar surface area (TPSA) is 30.2 Å². The second kappa shape index (κ2) is 6.97. The van der Waals surface area contributed by atoms with Gasteiger partial charge in [-0.05, 0) is 35.0 Å². The Hall–Kier alpha value is -3.61. The fourth-order valence-corrected chi connectivity index (χ4v) is 7.13. The molecule has 1 heterocycles. The summed E-state index contributed by atoms with van der Waals surface area (Å²) in [4.78, 5) is 0. The van der Waals surface area contributed by atoms with Crippen LogP contribution in [0.2, 0.25) is 0 Å². The molecular formula is C28H19O2P. The Labute approximate surface area is 180 Å². The number of hydrogen-bond donors (Lipinski definition) is 0. The average molecular weight is 418 g/mol. The van der Waals surface area contributed by atoms with Gasteiger partial charge in [-0.15, -0.1) is 0 Å². The first-order valence-corrected chi connectivity index (χ1v) is 12.0. The molecular weight excluding hydrogens is 399 g/mol. The van der Waals surface area contributed by atoms with Gasteiger partial charge < -0.3 is 8.98 Å². The van der Waals surface area contributed by atoms with E-state index in [9.17, 15) is 4.57 Å². The highest BCUT2D eigenvalue weighted by Crippen LogP contribution is 2.44. The zero-order valence-corrected chi connectivity index (χ0v) is 17.6. The van der Waals surface area contributed by atoms with Crippen molar-refractivity contribution in [2.75, 3.05) is 0 Å². The molecule has 5 aromatic carbocycles. The number of fused-ring (bicyclic) bond motifs is 5. The van der Waals surface area contributed by atoms with Crippen LogP contribution in [-0.4, -0.2) is 0 Å². The molecule has 148 valence electrons. The molecule has 1 aromatic heterocycles. The van der Waals surface area contributed by atoms with Crippen molar-refractivity contribution in [2.24, 2.45) is 0 Å². The van der Waals surface area contributed by atoms with E-state index in [0.717, 1.165) is 48.6 Å². The van der Waals surface area contributed by atoms with Crippen molar-refractivity contribution in [1.29, 1.82) is 0 Å². The molecule has 0 aliphatic carbocycles. The van der Waals surface area contributed by atoms with Gasteiger partial charge in [-0.3, -0.25) is 0 Å². The van der Waals surface area contributed by atoms with Crippen molar-refractivity contribution in [3.63, 3.8) is 0 Å². The molecule has 0 fully saturated rings. The predicted molar refractivity (Wildman–Crippen MR) is 131 cm³/mol. The Morgan fingerprint density at radius 3 is 1.84 bits per heavy atom. The molecule has 0 bridgehead atoms. The molecule has 0 amide bonds. The van der Waals surface area contributed by atoms with Crippen molar-refractivity contribution in [3.8, 4) is 0 Å². The molecule has 31 heavy (non-hydrogen) atoms. The van der Waals surface area contributed by atoms with E-state index in [4.69, 9.17) is 4.42 Å². The van der Waals surface area contributed by atoms with E-state index in [-0.39, 0.29) is 0 Å². The van der Waals surface area contributed by atoms with E-state index in [1.165, 1.54) is 0 Å². The summed E-state index contributed by atoms with van der Waals surface area (Å²) in [5.41, 5.74) is 1.66. The number of benzene rings is 5. The van der Waals surface area contributed by atoms with Crippen LogP contribution in [0.4, 0.5) is 0 Å². The van der Waals surface area contributed by atoms with Gasteiger partial charge in [0, 0.05) is 26.7 Å². The second-order valence-electron chi connectivity index (χ2n) is 7.72. The Kier molecular flexibility index (Phi) is 4.09. The fourth-order valence-electron chi connectivity index (χ4n) is 4.45. The number of rotatable bonds is 3. The van der Waals surface area contributed by atoms with Crippen molar-refractivity contribution in [1.82, 2.24) is 0 Å². The van der Waals surface area contributed by atoms with Gasteiger partial charge >= 0.3 is 0 Å². The summed E-state index contributed by atoms with van der Waals surface area (Å²) in [7, 11) is -3.04. The Bertz CT molecular complexity index is 1550. The van der Waals surface area contributed by atoms with Crippen LogP contribution in [-0.2, 0) is 4.57 Å². The molecule has 0 N–H and O–H groups in total. The molecule has 0 unspecified atom stereocenters. The van der Waals surface area contributed by atoms with Crippen LogP contribution in [0.3, 0.4) is 0 Å². The quantitative estimate of drug-likeness (QED) is 0.312. The number of hydrogen-bond acceptors (Lipinski definition) is 2. The lowest BCUT2D eigenvalue weighted by molar-refractivity contribution is 0.592. The van der Waals surface area contributed by atoms with E-state index in [0.29, 0.717) is 0 Å². The lowest BCUT2D eigenvalue weighted by Crippen LogP contribution is -2.24. The summed E-state index contributed by atoms with van der Waals surface area (Å²) >= 11 is 0. The largest absolute Gasteiger partial charge is 0.456 e. The highest BCUT2D eigenvalue weighted by Gasteiger charge is 2.30. The Morgan fingerprint density at radius 1 is 0.516 bits per heavy atom. The molecule has 0 radical (unpaired) electrons. The summed E-state index contributed by atoms with van der Waals surface area (Å²) in [5, 5.41) is 6.85. The standard InChI is InChI=1S/C28H19O2P/c29-31(21-10-3-1-4-11-21,22-12-5-2-6-13-22)23-16-18-26-25(19-23)28-24-14-8-7-9-20(24)15-17-27(28)30-26/h1-19H. The molecule has 0 saturated carbocycles. The third-order valence-corrected chi connectivity index (χ3v) is 9.00. The van der Waals surface area contributed by atoms with Crippen LogP contribution in [0.5, 0.6) is 0 Å². The van der Waals surface area contributed by atoms with E-state index in [2.05, 4.69) is 24.3 Å². The minimum absolute atomic E-state index is 0.808. The molecule has 0 aliphatic heterocycles. The Morgan fingerprint density at radius 2 is 1.13 bits per heavy atom. The monoisotopic (exact) mass is 418 g/mol. The van der Waals surface area contributed by atoms with Crippen LogP contribution >= 0.6 is 7.14 Å². The minimum Gasteiger partial charge on any atom is -0.456 e. The maximum atomic E-state index is 14.8. The van der Waals surface area contributed by atoms with Crippen molar-refractivity contribution < 1.29 is 8.98 Å². The van der Waals surface area contributed by atoms with E-state index in [1.807, 2.05) is 91.0 Å². The third-order valence-electron chi connectivity index (χ3n) is 5.95. The summed E-state index contributed by atoms with van der Waals surface area (Å²) < 4.78 is 20.9. The molecule has 6 rings (SSSR count). The van der Waals surface area contributed by atoms with Crippen LogP contribution in [0.15, 0.2) is 120 Å². The lowest BCUT2D eigenvalue weighted by atomic mass is 10.0. The SMILES string of the molecule is O=P(c1ccccc1)(c1ccccc1)c1ccc2oc3ccc4ccccc4c3c2c1. The third kappa shape index (κ3) is 2.76. The van der Waals surface area contributed by atoms with Crippen molar-refractivity contribution in [3.05, 3.63) is 115 Å². The lowest BCUT2D eigenvalue weighted by Gasteiger charge is -2.20. The van der Waals surface area contributed by atoms with Crippen LogP contribution in [0, 0.1) is 0 Å². The Balaban J connectivity index is 1.70. The predicted octanol–water partition coefficient (Wildman–Crippen LogP) is 6.38. The van der Waals surface area contributed by atoms with Crippen LogP contribution in [0.25, 0.3) is 32.7 Å². The maximum absolute atomic E-state index is 14.8. The normalized spacial score (nSPS) is 12.0. The van der Waals surface area contributed by atoms with E-state index >= 15 is 0 Å². The molecule has 0 saturated heterocycles. The first-order valence-electron chi connectivity index (χ1n) is 10.3. The molecule has 6 aromatic rings. The zero-order valence-electron chi connectivity index (χ0n) is 16.7. The van der Waals surface area contributed by atoms with Gasteiger partial charge in [0.2, 0.25) is 0 Å². The maximum Gasteiger partial charge on any atom is 0.171 e. The van der Waals surface area contributed by atoms with E-state index < -0.39 is 7.14 Å². The molecule has 2 nitrogen and oxygen atoms in total. The molecule has 0 aliphatic rings. The van der Waals surface area contributed by atoms with Gasteiger partial charge in [-0.1, -0.05) is 91.0 Å². The fraction of sp³-hybridized carbons (Fsp3) is 0. The van der Waals surface area contributed by atoms with E-state index in [1.54, 1.807) is 0 Å². The van der Waals surface area contributed by atoms with Crippen LogP contribution < -0.4 is 15.9 Å². The first kappa shape index (κ1) is 18.2. The highest BCUT2D eigenvalue weighted by atomic mass is 31.2. The molecule has 0 spiro atoms. The minimum atomic E-state index is -3.04. The second-order valence-corrected chi connectivity index (χ2v) is 10.5. The summed E-state index contributed by atoms with van der Waals surface area (Å²) in [6.07, 6.45) is 0. The van der Waals surface area contributed by atoms with Crippen LogP contribution in [0.1, 0.15) is 0 Å². The molecule has 0 atom stereocenters. The van der Waals surface area contributed by atoms with Crippen molar-refractivity contribution in [2.45, 2.75) is 0 Å². The summed E-state index contributed by atoms with van der Waals surface area (Å²) in [6.45, 7) is 0. The summed E-state index contributed by atoms with van der Waals surface area (Å²) in [5.74, 6) is 0. The van der Waals surface area contributed by atoms with Gasteiger partial charge in [0.15, 0.2) is 7.14 Å². The van der Waals surface area contributed by atoms with Gasteiger partial charge in [-0.25, -0.2) is 0 Å². The summed E-state index contributed by atoms with van der Waals surface area (Å²) in [6, 6.07) is 37.9. The highest BCUT2D eigenvalue weighted by molar-refractivity contribution is 7.85. The number of furan rings is 1. The molecule has 3 heteroatoms. The first-order chi connectivity index (χ1) is 15.2. The van der Waals surface area contributed by atoms with Gasteiger partial charge in [0.1, 0.15) is 11.2 Å². The van der Waals surface area contributed by atoms with Gasteiger partial charge in [-0.2, -0.15) is 0 Å². The smallest absolute Gasteiger partial charge is 0.171 e. The van der Waals surface area contributed by atoms with Crippen molar-refractivity contribution >= 4 is 55.8 Å². The van der Waals surface area contributed by atoms with Gasteiger partial charge in [0.25, 0.3) is 0 Å². The zero-order chi connectivity index (χ0) is 20.8. The average Bonchev–Trinajstić information content (AvgIpc) is 3.23. The van der Waals surface area contributed by atoms with Gasteiger partial charge in [0.05, 0.1) is 0 Å².